The molecule has 16 heavy (non-hydrogen) atoms. The van der Waals surface area contributed by atoms with E-state index in [0.29, 0.717) is 6.04 Å². The van der Waals surface area contributed by atoms with Crippen LogP contribution in [0.2, 0.25) is 0 Å². The zero-order chi connectivity index (χ0) is 12.2. The molecule has 94 valence electrons. The molecule has 1 aliphatic heterocycles. The van der Waals surface area contributed by atoms with Gasteiger partial charge >= 0.3 is 0 Å². The van der Waals surface area contributed by atoms with Gasteiger partial charge in [-0.25, -0.2) is 0 Å². The van der Waals surface area contributed by atoms with E-state index in [1.54, 1.807) is 0 Å². The van der Waals surface area contributed by atoms with Gasteiger partial charge in [-0.1, -0.05) is 6.92 Å². The quantitative estimate of drug-likeness (QED) is 0.774. The summed E-state index contributed by atoms with van der Waals surface area (Å²) in [6, 6.07) is 0.421. The Labute approximate surface area is 103 Å². The van der Waals surface area contributed by atoms with E-state index in [1.165, 1.54) is 12.2 Å². The Balaban J connectivity index is 2.35. The molecule has 1 heterocycles. The molecule has 2 unspecified atom stereocenters. The fourth-order valence-corrected chi connectivity index (χ4v) is 2.79. The van der Waals surface area contributed by atoms with Crippen molar-refractivity contribution < 1.29 is 4.79 Å². The predicted octanol–water partition coefficient (Wildman–Crippen LogP) is 1.77. The van der Waals surface area contributed by atoms with E-state index >= 15 is 0 Å². The second-order valence-corrected chi connectivity index (χ2v) is 6.33. The number of hydrogen-bond donors (Lipinski definition) is 2. The van der Waals surface area contributed by atoms with Crippen molar-refractivity contribution in [2.45, 2.75) is 58.2 Å². The highest BCUT2D eigenvalue weighted by Gasteiger charge is 2.24. The first-order valence-corrected chi connectivity index (χ1v) is 7.26. The van der Waals surface area contributed by atoms with Crippen molar-refractivity contribution >= 4 is 17.7 Å². The largest absolute Gasteiger partial charge is 0.350 e. The van der Waals surface area contributed by atoms with Crippen LogP contribution in [0.25, 0.3) is 0 Å². The van der Waals surface area contributed by atoms with Crippen molar-refractivity contribution in [2.75, 3.05) is 11.5 Å². The molecule has 0 saturated carbocycles. The van der Waals surface area contributed by atoms with Crippen LogP contribution in [0.4, 0.5) is 0 Å². The van der Waals surface area contributed by atoms with Crippen molar-refractivity contribution in [3.8, 4) is 0 Å². The maximum atomic E-state index is 11.9. The topological polar surface area (TPSA) is 41.1 Å². The number of rotatable bonds is 5. The Bertz CT molecular complexity index is 237. The Kier molecular flexibility index (Phi) is 5.12. The maximum Gasteiger partial charge on any atom is 0.237 e. The van der Waals surface area contributed by atoms with E-state index in [1.807, 2.05) is 18.7 Å². The monoisotopic (exact) mass is 244 g/mol. The average molecular weight is 244 g/mol. The lowest BCUT2D eigenvalue weighted by Crippen LogP contribution is -2.52. The van der Waals surface area contributed by atoms with Crippen LogP contribution in [0.1, 0.15) is 40.5 Å². The molecule has 0 spiro atoms. The van der Waals surface area contributed by atoms with E-state index in [-0.39, 0.29) is 17.5 Å². The minimum absolute atomic E-state index is 0.0884. The lowest BCUT2D eigenvalue weighted by atomic mass is 10.0. The van der Waals surface area contributed by atoms with Gasteiger partial charge in [0.05, 0.1) is 6.04 Å². The van der Waals surface area contributed by atoms with E-state index in [2.05, 4.69) is 31.4 Å². The average Bonchev–Trinajstić information content (AvgIpc) is 2.69. The second kappa shape index (κ2) is 5.92. The van der Waals surface area contributed by atoms with Crippen molar-refractivity contribution in [1.29, 1.82) is 0 Å². The van der Waals surface area contributed by atoms with Gasteiger partial charge in [-0.05, 0) is 39.4 Å². The van der Waals surface area contributed by atoms with Gasteiger partial charge in [0.15, 0.2) is 0 Å². The van der Waals surface area contributed by atoms with Crippen molar-refractivity contribution in [1.82, 2.24) is 10.6 Å². The minimum atomic E-state index is -0.0998. The van der Waals surface area contributed by atoms with Crippen LogP contribution in [0.15, 0.2) is 0 Å². The van der Waals surface area contributed by atoms with Crippen LogP contribution in [0.5, 0.6) is 0 Å². The van der Waals surface area contributed by atoms with Gasteiger partial charge in [0.25, 0.3) is 0 Å². The summed E-state index contributed by atoms with van der Waals surface area (Å²) in [6.45, 7) is 8.15. The lowest BCUT2D eigenvalue weighted by Gasteiger charge is -2.27. The van der Waals surface area contributed by atoms with Gasteiger partial charge in [-0.15, -0.1) is 0 Å². The van der Waals surface area contributed by atoms with Crippen LogP contribution in [-0.2, 0) is 4.79 Å². The molecule has 0 aliphatic carbocycles. The lowest BCUT2D eigenvalue weighted by molar-refractivity contribution is -0.124. The van der Waals surface area contributed by atoms with Gasteiger partial charge in [0.1, 0.15) is 0 Å². The molecular weight excluding hydrogens is 220 g/mol. The Morgan fingerprint density at radius 1 is 1.56 bits per heavy atom. The highest BCUT2D eigenvalue weighted by Crippen LogP contribution is 2.17. The third-order valence-electron chi connectivity index (χ3n) is 3.15. The minimum Gasteiger partial charge on any atom is -0.350 e. The van der Waals surface area contributed by atoms with Gasteiger partial charge < -0.3 is 10.6 Å². The number of nitrogens with one attached hydrogen (secondary N) is 2. The molecule has 1 fully saturated rings. The zero-order valence-electron chi connectivity index (χ0n) is 10.8. The fraction of sp³-hybridized carbons (Fsp3) is 0.917. The smallest absolute Gasteiger partial charge is 0.237 e. The summed E-state index contributed by atoms with van der Waals surface area (Å²) in [4.78, 5) is 11.9. The fourth-order valence-electron chi connectivity index (χ4n) is 1.63. The van der Waals surface area contributed by atoms with E-state index in [9.17, 15) is 4.79 Å². The normalized spacial score (nSPS) is 23.1. The highest BCUT2D eigenvalue weighted by molar-refractivity contribution is 7.99. The molecule has 1 saturated heterocycles. The van der Waals surface area contributed by atoms with E-state index in [4.69, 9.17) is 0 Å². The van der Waals surface area contributed by atoms with Crippen LogP contribution >= 0.6 is 11.8 Å². The molecule has 0 bridgehead atoms. The summed E-state index contributed by atoms with van der Waals surface area (Å²) in [5.74, 6) is 2.46. The van der Waals surface area contributed by atoms with Gasteiger partial charge in [0, 0.05) is 17.3 Å². The van der Waals surface area contributed by atoms with E-state index < -0.39 is 0 Å². The summed E-state index contributed by atoms with van der Waals surface area (Å²) in [5, 5.41) is 6.46. The summed E-state index contributed by atoms with van der Waals surface area (Å²) < 4.78 is 0. The number of amides is 1. The van der Waals surface area contributed by atoms with Crippen LogP contribution in [-0.4, -0.2) is 35.0 Å². The Morgan fingerprint density at radius 3 is 2.75 bits per heavy atom. The first-order chi connectivity index (χ1) is 7.44. The van der Waals surface area contributed by atoms with Crippen LogP contribution in [0.3, 0.4) is 0 Å². The third-order valence-corrected chi connectivity index (χ3v) is 4.32. The molecule has 0 radical (unpaired) electrons. The number of carbonyl (C=O) groups is 1. The van der Waals surface area contributed by atoms with Gasteiger partial charge in [0.2, 0.25) is 5.91 Å². The molecule has 2 N–H and O–H groups in total. The van der Waals surface area contributed by atoms with Crippen molar-refractivity contribution in [2.24, 2.45) is 0 Å². The molecule has 4 heteroatoms. The highest BCUT2D eigenvalue weighted by atomic mass is 32.2. The maximum absolute atomic E-state index is 11.9. The summed E-state index contributed by atoms with van der Waals surface area (Å²) >= 11 is 1.96. The standard InChI is InChI=1S/C12H24N2OS/c1-5-12(3,4)14-11(15)9(2)13-10-6-7-16-8-10/h9-10,13H,5-8H2,1-4H3,(H,14,15). The second-order valence-electron chi connectivity index (χ2n) is 5.18. The van der Waals surface area contributed by atoms with Crippen molar-refractivity contribution in [3.05, 3.63) is 0 Å². The predicted molar refractivity (Wildman–Crippen MR) is 70.8 cm³/mol. The van der Waals surface area contributed by atoms with Gasteiger partial charge in [-0.2, -0.15) is 11.8 Å². The number of carbonyl (C=O) groups excluding carboxylic acids is 1. The third kappa shape index (κ3) is 4.34. The molecule has 2 atom stereocenters. The molecule has 3 nitrogen and oxygen atoms in total. The molecule has 0 aromatic carbocycles. The Morgan fingerprint density at radius 2 is 2.25 bits per heavy atom. The SMILES string of the molecule is CCC(C)(C)NC(=O)C(C)NC1CCSC1. The first kappa shape index (κ1) is 13.8. The number of hydrogen-bond acceptors (Lipinski definition) is 3. The molecule has 0 aromatic heterocycles. The van der Waals surface area contributed by atoms with E-state index in [0.717, 1.165) is 12.2 Å². The summed E-state index contributed by atoms with van der Waals surface area (Å²) in [7, 11) is 0. The first-order valence-electron chi connectivity index (χ1n) is 6.10. The summed E-state index contributed by atoms with van der Waals surface area (Å²) in [5.41, 5.74) is -0.0998. The zero-order valence-corrected chi connectivity index (χ0v) is 11.6. The Hall–Kier alpha value is -0.220. The summed E-state index contributed by atoms with van der Waals surface area (Å²) in [6.07, 6.45) is 2.13. The molecule has 1 aliphatic rings. The molecular formula is C12H24N2OS. The van der Waals surface area contributed by atoms with Crippen molar-refractivity contribution in [3.63, 3.8) is 0 Å². The number of thioether (sulfide) groups is 1. The van der Waals surface area contributed by atoms with Gasteiger partial charge in [-0.3, -0.25) is 4.79 Å². The molecule has 1 rings (SSSR count). The molecule has 1 amide bonds. The molecule has 0 aromatic rings. The van der Waals surface area contributed by atoms with Crippen LogP contribution in [0, 0.1) is 0 Å². The van der Waals surface area contributed by atoms with Crippen LogP contribution < -0.4 is 10.6 Å².